The van der Waals surface area contributed by atoms with Crippen LogP contribution >= 0.6 is 0 Å². The van der Waals surface area contributed by atoms with Crippen molar-refractivity contribution in [2.45, 2.75) is 12.8 Å². The number of hydrogen-bond acceptors (Lipinski definition) is 3. The summed E-state index contributed by atoms with van der Waals surface area (Å²) in [6, 6.07) is 0. The van der Waals surface area contributed by atoms with Gasteiger partial charge in [0.1, 0.15) is 5.82 Å². The average molecular weight is 151 g/mol. The Bertz CT molecular complexity index is 318. The number of anilines is 1. The van der Waals surface area contributed by atoms with Crippen LogP contribution in [-0.4, -0.2) is 16.5 Å². The molecule has 58 valence electrons. The van der Waals surface area contributed by atoms with E-state index in [2.05, 4.69) is 15.3 Å². The highest BCUT2D eigenvalue weighted by atomic mass is 16.1. The van der Waals surface area contributed by atoms with E-state index in [1.807, 2.05) is 0 Å². The van der Waals surface area contributed by atoms with Gasteiger partial charge < -0.3 is 10.3 Å². The minimum absolute atomic E-state index is 0.141. The summed E-state index contributed by atoms with van der Waals surface area (Å²) in [5.41, 5.74) is 0.828. The number of nitrogens with zero attached hydrogens (tertiary/aromatic N) is 1. The van der Waals surface area contributed by atoms with Crippen LogP contribution in [-0.2, 0) is 6.42 Å². The van der Waals surface area contributed by atoms with Crippen LogP contribution in [0.25, 0.3) is 0 Å². The van der Waals surface area contributed by atoms with Gasteiger partial charge >= 0.3 is 0 Å². The number of rotatable bonds is 0. The van der Waals surface area contributed by atoms with Gasteiger partial charge in [-0.25, -0.2) is 0 Å². The first-order chi connectivity index (χ1) is 5.36. The molecular formula is C7H9N3O. The van der Waals surface area contributed by atoms with Crippen molar-refractivity contribution < 1.29 is 0 Å². The number of hydrogen-bond donors (Lipinski definition) is 2. The maximum atomic E-state index is 10.8. The molecule has 0 aliphatic carbocycles. The van der Waals surface area contributed by atoms with E-state index in [1.165, 1.54) is 6.20 Å². The lowest BCUT2D eigenvalue weighted by Gasteiger charge is -2.14. The van der Waals surface area contributed by atoms with Gasteiger partial charge in [-0.3, -0.25) is 9.78 Å². The van der Waals surface area contributed by atoms with Gasteiger partial charge in [-0.05, 0) is 12.8 Å². The first kappa shape index (κ1) is 6.39. The zero-order valence-electron chi connectivity index (χ0n) is 6.05. The zero-order valence-corrected chi connectivity index (χ0v) is 6.05. The second-order valence-electron chi connectivity index (χ2n) is 2.60. The van der Waals surface area contributed by atoms with Crippen molar-refractivity contribution in [3.63, 3.8) is 0 Å². The second-order valence-corrected chi connectivity index (χ2v) is 2.60. The third kappa shape index (κ3) is 1.11. The summed E-state index contributed by atoms with van der Waals surface area (Å²) in [6.45, 7) is 0.925. The number of nitrogens with one attached hydrogen (secondary N) is 2. The molecule has 2 rings (SSSR count). The fourth-order valence-electron chi connectivity index (χ4n) is 1.23. The van der Waals surface area contributed by atoms with Crippen LogP contribution < -0.4 is 10.9 Å². The number of aromatic amines is 1. The standard InChI is InChI=1S/C7H9N3O/c11-6-4-9-5-2-1-3-8-7(5)10-6/h4H,1-3H2,(H2,8,10,11). The van der Waals surface area contributed by atoms with Gasteiger partial charge in [-0.1, -0.05) is 0 Å². The first-order valence-corrected chi connectivity index (χ1v) is 3.68. The lowest BCUT2D eigenvalue weighted by Crippen LogP contribution is -2.19. The summed E-state index contributed by atoms with van der Waals surface area (Å²) in [4.78, 5) is 17.5. The van der Waals surface area contributed by atoms with E-state index in [4.69, 9.17) is 0 Å². The van der Waals surface area contributed by atoms with Crippen LogP contribution in [0.5, 0.6) is 0 Å². The maximum absolute atomic E-state index is 10.8. The molecule has 0 aromatic carbocycles. The largest absolute Gasteiger partial charge is 0.370 e. The van der Waals surface area contributed by atoms with Gasteiger partial charge in [-0.15, -0.1) is 0 Å². The fraction of sp³-hybridized carbons (Fsp3) is 0.429. The van der Waals surface area contributed by atoms with Gasteiger partial charge in [0.2, 0.25) is 0 Å². The Morgan fingerprint density at radius 1 is 1.55 bits per heavy atom. The zero-order chi connectivity index (χ0) is 7.68. The quantitative estimate of drug-likeness (QED) is 0.554. The Labute approximate surface area is 63.7 Å². The SMILES string of the molecule is O=c1cnc2c([nH]1)NCCC2. The molecule has 1 aliphatic heterocycles. The fourth-order valence-corrected chi connectivity index (χ4v) is 1.23. The molecular weight excluding hydrogens is 142 g/mol. The van der Waals surface area contributed by atoms with E-state index >= 15 is 0 Å². The lowest BCUT2D eigenvalue weighted by atomic mass is 10.2. The van der Waals surface area contributed by atoms with E-state index in [0.717, 1.165) is 30.9 Å². The topological polar surface area (TPSA) is 57.8 Å². The number of aromatic nitrogens is 2. The smallest absolute Gasteiger partial charge is 0.267 e. The van der Waals surface area contributed by atoms with Crippen LogP contribution in [0.3, 0.4) is 0 Å². The summed E-state index contributed by atoms with van der Waals surface area (Å²) in [5.74, 6) is 0.795. The second kappa shape index (κ2) is 2.38. The highest BCUT2D eigenvalue weighted by molar-refractivity contribution is 5.41. The minimum atomic E-state index is -0.141. The van der Waals surface area contributed by atoms with E-state index in [0.29, 0.717) is 0 Å². The van der Waals surface area contributed by atoms with Crippen LogP contribution in [0.4, 0.5) is 5.82 Å². The molecule has 0 saturated heterocycles. The Kier molecular flexibility index (Phi) is 1.38. The molecule has 0 spiro atoms. The van der Waals surface area contributed by atoms with Gasteiger partial charge in [0.05, 0.1) is 11.9 Å². The van der Waals surface area contributed by atoms with Gasteiger partial charge in [0.25, 0.3) is 5.56 Å². The molecule has 2 N–H and O–H groups in total. The van der Waals surface area contributed by atoms with Crippen molar-refractivity contribution in [1.29, 1.82) is 0 Å². The molecule has 2 heterocycles. The molecule has 0 atom stereocenters. The Balaban J connectivity index is 2.51. The molecule has 0 unspecified atom stereocenters. The summed E-state index contributed by atoms with van der Waals surface area (Å²) in [6.07, 6.45) is 3.37. The number of fused-ring (bicyclic) bond motifs is 1. The average Bonchev–Trinajstić information content (AvgIpc) is 2.04. The van der Waals surface area contributed by atoms with Gasteiger partial charge in [0.15, 0.2) is 0 Å². The third-order valence-electron chi connectivity index (χ3n) is 1.77. The Morgan fingerprint density at radius 2 is 2.45 bits per heavy atom. The van der Waals surface area contributed by atoms with Crippen molar-refractivity contribution in [3.8, 4) is 0 Å². The lowest BCUT2D eigenvalue weighted by molar-refractivity contribution is 0.783. The molecule has 0 bridgehead atoms. The molecule has 1 aromatic heterocycles. The molecule has 11 heavy (non-hydrogen) atoms. The van der Waals surface area contributed by atoms with Crippen LogP contribution in [0, 0.1) is 0 Å². The Morgan fingerprint density at radius 3 is 3.36 bits per heavy atom. The van der Waals surface area contributed by atoms with Crippen molar-refractivity contribution >= 4 is 5.82 Å². The first-order valence-electron chi connectivity index (χ1n) is 3.68. The highest BCUT2D eigenvalue weighted by Gasteiger charge is 2.08. The third-order valence-corrected chi connectivity index (χ3v) is 1.77. The maximum Gasteiger partial charge on any atom is 0.267 e. The molecule has 0 radical (unpaired) electrons. The predicted molar refractivity (Wildman–Crippen MR) is 41.7 cm³/mol. The van der Waals surface area contributed by atoms with Crippen LogP contribution in [0.15, 0.2) is 11.0 Å². The van der Waals surface area contributed by atoms with Crippen LogP contribution in [0.2, 0.25) is 0 Å². The van der Waals surface area contributed by atoms with Crippen molar-refractivity contribution in [1.82, 2.24) is 9.97 Å². The predicted octanol–water partition coefficient (Wildman–Crippen LogP) is 0.128. The number of H-pyrrole nitrogens is 1. The molecule has 0 fully saturated rings. The van der Waals surface area contributed by atoms with Crippen molar-refractivity contribution in [2.75, 3.05) is 11.9 Å². The van der Waals surface area contributed by atoms with Crippen LogP contribution in [0.1, 0.15) is 12.1 Å². The summed E-state index contributed by atoms with van der Waals surface area (Å²) in [5, 5.41) is 3.09. The summed E-state index contributed by atoms with van der Waals surface area (Å²) >= 11 is 0. The molecule has 0 amide bonds. The molecule has 4 heteroatoms. The van der Waals surface area contributed by atoms with Crippen molar-refractivity contribution in [3.05, 3.63) is 22.2 Å². The number of aryl methyl sites for hydroxylation is 1. The molecule has 4 nitrogen and oxygen atoms in total. The van der Waals surface area contributed by atoms with Gasteiger partial charge in [0, 0.05) is 6.54 Å². The molecule has 1 aromatic rings. The Hall–Kier alpha value is -1.32. The summed E-state index contributed by atoms with van der Waals surface area (Å²) in [7, 11) is 0. The van der Waals surface area contributed by atoms with Gasteiger partial charge in [-0.2, -0.15) is 0 Å². The van der Waals surface area contributed by atoms with E-state index < -0.39 is 0 Å². The normalized spacial score (nSPS) is 15.3. The molecule has 1 aliphatic rings. The van der Waals surface area contributed by atoms with E-state index in [-0.39, 0.29) is 5.56 Å². The highest BCUT2D eigenvalue weighted by Crippen LogP contribution is 2.13. The van der Waals surface area contributed by atoms with E-state index in [9.17, 15) is 4.79 Å². The molecule has 0 saturated carbocycles. The summed E-state index contributed by atoms with van der Waals surface area (Å²) < 4.78 is 0. The monoisotopic (exact) mass is 151 g/mol. The minimum Gasteiger partial charge on any atom is -0.370 e. The van der Waals surface area contributed by atoms with E-state index in [1.54, 1.807) is 0 Å². The van der Waals surface area contributed by atoms with Crippen molar-refractivity contribution in [2.24, 2.45) is 0 Å².